The molecule has 0 radical (unpaired) electrons. The van der Waals surface area contributed by atoms with Gasteiger partial charge in [0.2, 0.25) is 0 Å². The number of halogens is 4. The lowest BCUT2D eigenvalue weighted by Gasteiger charge is -2.11. The molecule has 15 heavy (non-hydrogen) atoms. The largest absolute Gasteiger partial charge is 0.433 e. The molecule has 0 aliphatic carbocycles. The lowest BCUT2D eigenvalue weighted by molar-refractivity contribution is -0.0502. The van der Waals surface area contributed by atoms with Crippen LogP contribution in [0.15, 0.2) is 12.1 Å². The summed E-state index contributed by atoms with van der Waals surface area (Å²) in [6, 6.07) is 4.67. The van der Waals surface area contributed by atoms with Gasteiger partial charge in [0.1, 0.15) is 10.8 Å². The van der Waals surface area contributed by atoms with E-state index in [1.807, 2.05) is 6.07 Å². The molecule has 1 aromatic carbocycles. The van der Waals surface area contributed by atoms with Gasteiger partial charge < -0.3 is 4.74 Å². The summed E-state index contributed by atoms with van der Waals surface area (Å²) in [7, 11) is 0. The Morgan fingerprint density at radius 1 is 1.40 bits per heavy atom. The Hall–Kier alpha value is -1.05. The van der Waals surface area contributed by atoms with Crippen LogP contribution in [0.1, 0.15) is 5.56 Å². The molecule has 1 rings (SSSR count). The van der Waals surface area contributed by atoms with E-state index in [9.17, 15) is 8.78 Å². The summed E-state index contributed by atoms with van der Waals surface area (Å²) < 4.78 is 28.3. The summed E-state index contributed by atoms with van der Waals surface area (Å²) in [5, 5.41) is 8.47. The van der Waals surface area contributed by atoms with E-state index in [4.69, 9.17) is 28.5 Å². The minimum atomic E-state index is -3.00. The molecule has 0 N–H and O–H groups in total. The van der Waals surface area contributed by atoms with Gasteiger partial charge in [-0.1, -0.05) is 29.3 Å². The van der Waals surface area contributed by atoms with Crippen LogP contribution in [0, 0.1) is 11.3 Å². The molecule has 0 aliphatic rings. The van der Waals surface area contributed by atoms with Crippen LogP contribution in [0.25, 0.3) is 0 Å². The second-order valence-electron chi connectivity index (χ2n) is 2.56. The maximum Gasteiger partial charge on any atom is 0.387 e. The van der Waals surface area contributed by atoms with Crippen molar-refractivity contribution in [2.75, 3.05) is 0 Å². The zero-order valence-electron chi connectivity index (χ0n) is 7.31. The molecule has 0 saturated carbocycles. The van der Waals surface area contributed by atoms with Crippen molar-refractivity contribution in [3.05, 3.63) is 27.7 Å². The topological polar surface area (TPSA) is 33.0 Å². The predicted molar refractivity (Wildman–Crippen MR) is 52.4 cm³/mol. The van der Waals surface area contributed by atoms with Gasteiger partial charge >= 0.3 is 6.61 Å². The van der Waals surface area contributed by atoms with Crippen molar-refractivity contribution < 1.29 is 13.5 Å². The number of benzene rings is 1. The first-order valence-electron chi connectivity index (χ1n) is 3.85. The minimum Gasteiger partial charge on any atom is -0.433 e. The van der Waals surface area contributed by atoms with E-state index in [1.54, 1.807) is 0 Å². The average molecular weight is 252 g/mol. The third-order valence-corrected chi connectivity index (χ3v) is 2.39. The highest BCUT2D eigenvalue weighted by Gasteiger charge is 2.15. The number of nitriles is 1. The maximum absolute atomic E-state index is 12.0. The van der Waals surface area contributed by atoms with Crippen LogP contribution in [0.4, 0.5) is 8.78 Å². The molecule has 80 valence electrons. The maximum atomic E-state index is 12.0. The quantitative estimate of drug-likeness (QED) is 0.822. The fraction of sp³-hybridized carbons (Fsp3) is 0.222. The summed E-state index contributed by atoms with van der Waals surface area (Å²) in [5.41, 5.74) is 0.284. The minimum absolute atomic E-state index is 0.0705. The number of alkyl halides is 2. The first-order chi connectivity index (χ1) is 7.06. The first-order valence-corrected chi connectivity index (χ1v) is 4.60. The molecule has 0 amide bonds. The number of hydrogen-bond donors (Lipinski definition) is 0. The van der Waals surface area contributed by atoms with Gasteiger partial charge in [-0.15, -0.1) is 0 Å². The molecule has 6 heteroatoms. The van der Waals surface area contributed by atoms with Gasteiger partial charge in [-0.3, -0.25) is 0 Å². The Morgan fingerprint density at radius 3 is 2.60 bits per heavy atom. The monoisotopic (exact) mass is 251 g/mol. The zero-order chi connectivity index (χ0) is 11.4. The van der Waals surface area contributed by atoms with E-state index in [0.717, 1.165) is 0 Å². The number of nitrogens with zero attached hydrogens (tertiary/aromatic N) is 1. The second kappa shape index (κ2) is 5.15. The molecule has 0 unspecified atom stereocenters. The molecule has 0 fully saturated rings. The summed E-state index contributed by atoms with van der Waals surface area (Å²) in [5.74, 6) is -0.235. The van der Waals surface area contributed by atoms with Crippen molar-refractivity contribution in [2.45, 2.75) is 13.0 Å². The Bertz CT molecular complexity index is 404. The van der Waals surface area contributed by atoms with E-state index >= 15 is 0 Å². The van der Waals surface area contributed by atoms with E-state index in [-0.39, 0.29) is 27.8 Å². The predicted octanol–water partition coefficient (Wildman–Crippen LogP) is 3.66. The van der Waals surface area contributed by atoms with E-state index in [0.29, 0.717) is 0 Å². The van der Waals surface area contributed by atoms with Gasteiger partial charge in [0.15, 0.2) is 0 Å². The van der Waals surface area contributed by atoms with Gasteiger partial charge in [-0.2, -0.15) is 14.0 Å². The Balaban J connectivity index is 3.17. The highest BCUT2D eigenvalue weighted by Crippen LogP contribution is 2.36. The molecule has 1 aromatic rings. The molecule has 0 bridgehead atoms. The van der Waals surface area contributed by atoms with Crippen molar-refractivity contribution in [3.63, 3.8) is 0 Å². The Morgan fingerprint density at radius 2 is 2.07 bits per heavy atom. The molecule has 0 aromatic heterocycles. The standard InChI is InChI=1S/C9H5Cl2F2NO/c10-6-2-1-5(3-4-14)8(7(6)11)15-9(12)13/h1-2,9H,3H2. The normalized spacial score (nSPS) is 10.1. The van der Waals surface area contributed by atoms with Crippen LogP contribution in [-0.4, -0.2) is 6.61 Å². The van der Waals surface area contributed by atoms with Crippen LogP contribution in [-0.2, 0) is 6.42 Å². The summed E-state index contributed by atoms with van der Waals surface area (Å²) in [4.78, 5) is 0. The van der Waals surface area contributed by atoms with E-state index < -0.39 is 6.61 Å². The fourth-order valence-corrected chi connectivity index (χ4v) is 1.39. The van der Waals surface area contributed by atoms with Crippen molar-refractivity contribution in [1.82, 2.24) is 0 Å². The van der Waals surface area contributed by atoms with E-state index in [2.05, 4.69) is 4.74 Å². The molecule has 0 saturated heterocycles. The summed E-state index contributed by atoms with van der Waals surface area (Å²) in [6.07, 6.45) is -0.0705. The highest BCUT2D eigenvalue weighted by atomic mass is 35.5. The third-order valence-electron chi connectivity index (χ3n) is 1.61. The van der Waals surface area contributed by atoms with Gasteiger partial charge in [-0.25, -0.2) is 0 Å². The van der Waals surface area contributed by atoms with Crippen molar-refractivity contribution in [3.8, 4) is 11.8 Å². The van der Waals surface area contributed by atoms with Gasteiger partial charge in [0, 0.05) is 5.56 Å². The Kier molecular flexibility index (Phi) is 4.13. The molecule has 0 aliphatic heterocycles. The summed E-state index contributed by atoms with van der Waals surface area (Å²) in [6.45, 7) is -3.00. The number of rotatable bonds is 3. The zero-order valence-corrected chi connectivity index (χ0v) is 8.82. The molecule has 2 nitrogen and oxygen atoms in total. The molecule has 0 atom stereocenters. The van der Waals surface area contributed by atoms with Crippen LogP contribution in [0.5, 0.6) is 5.75 Å². The first kappa shape index (κ1) is 12.0. The average Bonchev–Trinajstić information content (AvgIpc) is 2.17. The van der Waals surface area contributed by atoms with E-state index in [1.165, 1.54) is 12.1 Å². The van der Waals surface area contributed by atoms with Crippen molar-refractivity contribution >= 4 is 23.2 Å². The van der Waals surface area contributed by atoms with Gasteiger partial charge in [0.25, 0.3) is 0 Å². The second-order valence-corrected chi connectivity index (χ2v) is 3.35. The van der Waals surface area contributed by atoms with Gasteiger partial charge in [0.05, 0.1) is 17.5 Å². The smallest absolute Gasteiger partial charge is 0.387 e. The molecule has 0 spiro atoms. The third kappa shape index (κ3) is 2.95. The molecule has 0 heterocycles. The van der Waals surface area contributed by atoms with Crippen LogP contribution in [0.3, 0.4) is 0 Å². The lowest BCUT2D eigenvalue weighted by atomic mass is 10.1. The van der Waals surface area contributed by atoms with Crippen LogP contribution in [0.2, 0.25) is 10.0 Å². The lowest BCUT2D eigenvalue weighted by Crippen LogP contribution is -2.05. The fourth-order valence-electron chi connectivity index (χ4n) is 1.01. The van der Waals surface area contributed by atoms with Crippen molar-refractivity contribution in [2.24, 2.45) is 0 Å². The summed E-state index contributed by atoms with van der Waals surface area (Å²) >= 11 is 11.3. The van der Waals surface area contributed by atoms with Crippen LogP contribution >= 0.6 is 23.2 Å². The molecular formula is C9H5Cl2F2NO. The molecular weight excluding hydrogens is 247 g/mol. The number of hydrogen-bond acceptors (Lipinski definition) is 2. The van der Waals surface area contributed by atoms with Gasteiger partial charge in [-0.05, 0) is 6.07 Å². The van der Waals surface area contributed by atoms with Crippen molar-refractivity contribution in [1.29, 1.82) is 5.26 Å². The highest BCUT2D eigenvalue weighted by molar-refractivity contribution is 6.43. The SMILES string of the molecule is N#CCc1ccc(Cl)c(Cl)c1OC(F)F. The Labute approximate surface area is 95.0 Å². The number of ether oxygens (including phenoxy) is 1. The van der Waals surface area contributed by atoms with Crippen LogP contribution < -0.4 is 4.74 Å².